The lowest BCUT2D eigenvalue weighted by molar-refractivity contribution is -0.138. The molecular formula is C25H29N7O4. The molecule has 0 atom stereocenters. The molecule has 0 radical (unpaired) electrons. The van der Waals surface area contributed by atoms with Crippen molar-refractivity contribution in [2.24, 2.45) is 0 Å². The summed E-state index contributed by atoms with van der Waals surface area (Å²) in [5, 5.41) is 2.95. The first kappa shape index (κ1) is 25.1. The molecule has 3 aromatic heterocycles. The van der Waals surface area contributed by atoms with E-state index in [1.165, 1.54) is 7.11 Å². The second kappa shape index (κ2) is 11.2. The van der Waals surface area contributed by atoms with Gasteiger partial charge in [0, 0.05) is 38.2 Å². The lowest BCUT2D eigenvalue weighted by atomic mass is 9.74. The number of methoxy groups -OCH3 is 1. The molecule has 11 heteroatoms. The Labute approximate surface area is 209 Å². The molecule has 3 aromatic rings. The fraction of sp³-hybridized carbons (Fsp3) is 0.400. The van der Waals surface area contributed by atoms with Gasteiger partial charge in [0.1, 0.15) is 18.2 Å². The van der Waals surface area contributed by atoms with Crippen LogP contribution in [0, 0.1) is 6.92 Å². The van der Waals surface area contributed by atoms with Crippen molar-refractivity contribution in [3.63, 3.8) is 0 Å². The first-order chi connectivity index (χ1) is 17.4. The van der Waals surface area contributed by atoms with E-state index in [-0.39, 0.29) is 18.4 Å². The first-order valence-corrected chi connectivity index (χ1v) is 11.7. The highest BCUT2D eigenvalue weighted by Gasteiger charge is 2.45. The number of nitrogens with zero attached hydrogens (tertiary/aromatic N) is 6. The molecular weight excluding hydrogens is 462 g/mol. The van der Waals surface area contributed by atoms with Crippen molar-refractivity contribution in [1.82, 2.24) is 29.8 Å². The third-order valence-electron chi connectivity index (χ3n) is 6.14. The maximum absolute atomic E-state index is 13.7. The molecule has 0 unspecified atom stereocenters. The summed E-state index contributed by atoms with van der Waals surface area (Å²) in [4.78, 5) is 49.5. The van der Waals surface area contributed by atoms with E-state index in [2.05, 4.69) is 30.2 Å². The highest BCUT2D eigenvalue weighted by atomic mass is 16.5. The van der Waals surface area contributed by atoms with Gasteiger partial charge in [-0.25, -0.2) is 19.9 Å². The molecule has 2 amide bonds. The molecule has 0 spiro atoms. The van der Waals surface area contributed by atoms with Gasteiger partial charge in [0.2, 0.25) is 17.7 Å². The first-order valence-electron chi connectivity index (χ1n) is 11.7. The maximum atomic E-state index is 13.7. The van der Waals surface area contributed by atoms with Crippen LogP contribution >= 0.6 is 0 Å². The van der Waals surface area contributed by atoms with Gasteiger partial charge in [-0.1, -0.05) is 0 Å². The number of hydrogen-bond donors (Lipinski definition) is 1. The van der Waals surface area contributed by atoms with Gasteiger partial charge in [0.25, 0.3) is 0 Å². The molecule has 188 valence electrons. The lowest BCUT2D eigenvalue weighted by Crippen LogP contribution is -2.52. The van der Waals surface area contributed by atoms with Crippen LogP contribution in [0.5, 0.6) is 5.88 Å². The molecule has 0 aromatic carbocycles. The smallest absolute Gasteiger partial charge is 0.248 e. The summed E-state index contributed by atoms with van der Waals surface area (Å²) in [6.07, 6.45) is 7.30. The fourth-order valence-electron chi connectivity index (χ4n) is 4.23. The highest BCUT2D eigenvalue weighted by molar-refractivity contribution is 5.98. The summed E-state index contributed by atoms with van der Waals surface area (Å²) in [7, 11) is 1.49. The van der Waals surface area contributed by atoms with Crippen molar-refractivity contribution in [2.45, 2.75) is 32.1 Å². The highest BCUT2D eigenvalue weighted by Crippen LogP contribution is 2.36. The topological polar surface area (TPSA) is 132 Å². The van der Waals surface area contributed by atoms with Gasteiger partial charge >= 0.3 is 0 Å². The van der Waals surface area contributed by atoms with Crippen molar-refractivity contribution in [3.8, 4) is 17.1 Å². The number of aryl methyl sites for hydroxylation is 1. The summed E-state index contributed by atoms with van der Waals surface area (Å²) in [6.45, 7) is 5.01. The second-order valence-electron chi connectivity index (χ2n) is 8.45. The number of carbonyl (C=O) groups is 2. The molecule has 1 N–H and O–H groups in total. The summed E-state index contributed by atoms with van der Waals surface area (Å²) < 4.78 is 10.4. The summed E-state index contributed by atoms with van der Waals surface area (Å²) in [5.74, 6) is 1.10. The quantitative estimate of drug-likeness (QED) is 0.503. The van der Waals surface area contributed by atoms with Crippen molar-refractivity contribution in [1.29, 1.82) is 0 Å². The zero-order valence-electron chi connectivity index (χ0n) is 20.6. The fourth-order valence-corrected chi connectivity index (χ4v) is 4.23. The van der Waals surface area contributed by atoms with Crippen LogP contribution in [0.25, 0.3) is 11.3 Å². The van der Waals surface area contributed by atoms with Gasteiger partial charge in [0.05, 0.1) is 35.8 Å². The third kappa shape index (κ3) is 5.46. The Morgan fingerprint density at radius 3 is 2.56 bits per heavy atom. The number of pyridine rings is 1. The molecule has 1 aliphatic rings. The molecule has 1 saturated heterocycles. The van der Waals surface area contributed by atoms with Crippen LogP contribution in [0.3, 0.4) is 0 Å². The molecule has 0 bridgehead atoms. The Kier molecular flexibility index (Phi) is 7.79. The number of anilines is 1. The minimum Gasteiger partial charge on any atom is -0.477 e. The van der Waals surface area contributed by atoms with Crippen LogP contribution in [0.2, 0.25) is 0 Å². The minimum atomic E-state index is -0.921. The van der Waals surface area contributed by atoms with Crippen molar-refractivity contribution in [3.05, 3.63) is 54.5 Å². The normalized spacial score (nSPS) is 14.8. The van der Waals surface area contributed by atoms with Crippen molar-refractivity contribution in [2.75, 3.05) is 38.7 Å². The zero-order valence-corrected chi connectivity index (χ0v) is 20.6. The number of likely N-dealkylation sites (tertiary alicyclic amines) is 1. The molecule has 4 heterocycles. The Hall–Kier alpha value is -3.99. The van der Waals surface area contributed by atoms with Gasteiger partial charge in [-0.05, 0) is 44.9 Å². The van der Waals surface area contributed by atoms with Crippen LogP contribution in [-0.4, -0.2) is 75.0 Å². The molecule has 0 aliphatic carbocycles. The largest absolute Gasteiger partial charge is 0.477 e. The van der Waals surface area contributed by atoms with Crippen molar-refractivity contribution >= 4 is 17.6 Å². The van der Waals surface area contributed by atoms with Gasteiger partial charge in [0.15, 0.2) is 0 Å². The summed E-state index contributed by atoms with van der Waals surface area (Å²) in [5.41, 5.74) is 1.07. The molecule has 0 saturated carbocycles. The molecule has 36 heavy (non-hydrogen) atoms. The summed E-state index contributed by atoms with van der Waals surface area (Å²) >= 11 is 0. The van der Waals surface area contributed by atoms with Crippen LogP contribution in [0.4, 0.5) is 5.82 Å². The standard InChI is InChI=1S/C25H29N7O4/c1-4-36-22-15-26-14-19(30-22)18-5-6-21(28-13-18)31-24(34)25(20-7-10-27-17(2)29-20)8-11-32(12-9-25)23(33)16-35-3/h5-7,10,13-15H,4,8-9,11-12,16H2,1-3H3,(H,28,31,34). The number of rotatable bonds is 8. The van der Waals surface area contributed by atoms with Crippen LogP contribution in [0.15, 0.2) is 43.0 Å². The minimum absolute atomic E-state index is 0.0138. The maximum Gasteiger partial charge on any atom is 0.248 e. The predicted molar refractivity (Wildman–Crippen MR) is 131 cm³/mol. The van der Waals surface area contributed by atoms with Crippen molar-refractivity contribution < 1.29 is 19.1 Å². The number of nitrogens with one attached hydrogen (secondary N) is 1. The Bertz CT molecular complexity index is 1210. The summed E-state index contributed by atoms with van der Waals surface area (Å²) in [6, 6.07) is 5.30. The van der Waals surface area contributed by atoms with E-state index >= 15 is 0 Å². The SMILES string of the molecule is CCOc1cncc(-c2ccc(NC(=O)C3(c4ccnc(C)n4)CCN(C(=O)COC)CC3)nc2)n1. The molecule has 4 rings (SSSR count). The third-order valence-corrected chi connectivity index (χ3v) is 6.14. The van der Waals surface area contributed by atoms with Gasteiger partial charge in [-0.2, -0.15) is 0 Å². The average molecular weight is 492 g/mol. The van der Waals surface area contributed by atoms with E-state index in [4.69, 9.17) is 9.47 Å². The number of ether oxygens (including phenoxy) is 2. The van der Waals surface area contributed by atoms with Gasteiger partial charge in [-0.3, -0.25) is 14.6 Å². The number of piperidine rings is 1. The second-order valence-corrected chi connectivity index (χ2v) is 8.45. The van der Waals surface area contributed by atoms with E-state index in [0.29, 0.717) is 61.4 Å². The zero-order chi connectivity index (χ0) is 25.5. The van der Waals surface area contributed by atoms with Crippen LogP contribution < -0.4 is 10.1 Å². The number of amides is 2. The molecule has 11 nitrogen and oxygen atoms in total. The number of aromatic nitrogens is 5. The average Bonchev–Trinajstić information content (AvgIpc) is 2.89. The van der Waals surface area contributed by atoms with E-state index in [9.17, 15) is 9.59 Å². The van der Waals surface area contributed by atoms with E-state index in [1.807, 2.05) is 13.0 Å². The Balaban J connectivity index is 1.54. The Morgan fingerprint density at radius 2 is 1.89 bits per heavy atom. The molecule has 1 aliphatic heterocycles. The van der Waals surface area contributed by atoms with E-state index in [0.717, 1.165) is 5.56 Å². The Morgan fingerprint density at radius 1 is 1.08 bits per heavy atom. The van der Waals surface area contributed by atoms with Gasteiger partial charge < -0.3 is 19.7 Å². The van der Waals surface area contributed by atoms with Crippen LogP contribution in [0.1, 0.15) is 31.3 Å². The van der Waals surface area contributed by atoms with Crippen LogP contribution in [-0.2, 0) is 19.7 Å². The monoisotopic (exact) mass is 491 g/mol. The van der Waals surface area contributed by atoms with Gasteiger partial charge in [-0.15, -0.1) is 0 Å². The number of carbonyl (C=O) groups excluding carboxylic acids is 2. The predicted octanol–water partition coefficient (Wildman–Crippen LogP) is 2.18. The van der Waals surface area contributed by atoms with E-state index < -0.39 is 5.41 Å². The lowest BCUT2D eigenvalue weighted by Gasteiger charge is -2.40. The van der Waals surface area contributed by atoms with E-state index in [1.54, 1.807) is 48.7 Å². The molecule has 1 fully saturated rings. The number of hydrogen-bond acceptors (Lipinski definition) is 9.